The minimum absolute atomic E-state index is 0.0554. The first-order chi connectivity index (χ1) is 11.5. The number of halogens is 1. The average molecular weight is 358 g/mol. The third-order valence-electron chi connectivity index (χ3n) is 3.51. The molecule has 6 heteroatoms. The van der Waals surface area contributed by atoms with Crippen LogP contribution in [0.1, 0.15) is 16.7 Å². The first-order valence-corrected chi connectivity index (χ1v) is 8.59. The SMILES string of the molecule is Cc1ccc(-c2csc(N/N=C\c3ccc(O)c(Cl)c3)n2)c(C)c1. The average Bonchev–Trinajstić information content (AvgIpc) is 2.99. The maximum absolute atomic E-state index is 9.40. The lowest BCUT2D eigenvalue weighted by molar-refractivity contribution is 0.475. The molecule has 1 aromatic heterocycles. The van der Waals surface area contributed by atoms with Crippen LogP contribution in [-0.2, 0) is 0 Å². The van der Waals surface area contributed by atoms with Crippen LogP contribution < -0.4 is 5.43 Å². The minimum atomic E-state index is 0.0554. The molecule has 0 aliphatic heterocycles. The predicted molar refractivity (Wildman–Crippen MR) is 101 cm³/mol. The molecule has 0 bridgehead atoms. The molecule has 0 atom stereocenters. The maximum Gasteiger partial charge on any atom is 0.203 e. The first kappa shape index (κ1) is 16.5. The van der Waals surface area contributed by atoms with E-state index in [2.05, 4.69) is 47.6 Å². The lowest BCUT2D eigenvalue weighted by Crippen LogP contribution is -1.91. The van der Waals surface area contributed by atoms with Gasteiger partial charge in [-0.3, -0.25) is 5.43 Å². The summed E-state index contributed by atoms with van der Waals surface area (Å²) in [5.74, 6) is 0.0554. The molecule has 2 N–H and O–H groups in total. The molecule has 2 aromatic carbocycles. The van der Waals surface area contributed by atoms with Crippen LogP contribution in [0.25, 0.3) is 11.3 Å². The number of phenols is 1. The van der Waals surface area contributed by atoms with Crippen molar-refractivity contribution in [1.82, 2.24) is 4.98 Å². The van der Waals surface area contributed by atoms with Crippen molar-refractivity contribution in [2.75, 3.05) is 5.43 Å². The van der Waals surface area contributed by atoms with E-state index in [9.17, 15) is 5.11 Å². The van der Waals surface area contributed by atoms with E-state index in [0.717, 1.165) is 16.8 Å². The maximum atomic E-state index is 9.40. The van der Waals surface area contributed by atoms with E-state index in [-0.39, 0.29) is 5.75 Å². The van der Waals surface area contributed by atoms with Gasteiger partial charge < -0.3 is 5.11 Å². The Morgan fingerprint density at radius 1 is 1.21 bits per heavy atom. The summed E-state index contributed by atoms with van der Waals surface area (Å²) in [7, 11) is 0. The van der Waals surface area contributed by atoms with Gasteiger partial charge in [-0.25, -0.2) is 4.98 Å². The van der Waals surface area contributed by atoms with Gasteiger partial charge in [0.2, 0.25) is 5.13 Å². The number of thiazole rings is 1. The van der Waals surface area contributed by atoms with Crippen molar-refractivity contribution in [3.8, 4) is 17.0 Å². The van der Waals surface area contributed by atoms with E-state index in [1.807, 2.05) is 5.38 Å². The quantitative estimate of drug-likeness (QED) is 0.496. The molecule has 0 aliphatic carbocycles. The number of nitrogens with one attached hydrogen (secondary N) is 1. The van der Waals surface area contributed by atoms with Crippen LogP contribution in [0.2, 0.25) is 5.02 Å². The Morgan fingerprint density at radius 3 is 2.79 bits per heavy atom. The molecule has 0 fully saturated rings. The molecule has 0 saturated carbocycles. The fraction of sp³-hybridized carbons (Fsp3) is 0.111. The molecule has 0 unspecified atom stereocenters. The number of aromatic hydroxyl groups is 1. The number of hydrogen-bond acceptors (Lipinski definition) is 5. The lowest BCUT2D eigenvalue weighted by atomic mass is 10.0. The van der Waals surface area contributed by atoms with E-state index in [1.54, 1.807) is 18.3 Å². The molecule has 3 rings (SSSR count). The summed E-state index contributed by atoms with van der Waals surface area (Å²) in [6.07, 6.45) is 1.63. The third-order valence-corrected chi connectivity index (χ3v) is 4.56. The highest BCUT2D eigenvalue weighted by atomic mass is 35.5. The van der Waals surface area contributed by atoms with Crippen LogP contribution >= 0.6 is 22.9 Å². The number of aromatic nitrogens is 1. The second-order valence-corrected chi connectivity index (χ2v) is 6.70. The molecule has 3 aromatic rings. The van der Waals surface area contributed by atoms with Crippen LogP contribution in [0.5, 0.6) is 5.75 Å². The van der Waals surface area contributed by atoms with Crippen molar-refractivity contribution in [3.63, 3.8) is 0 Å². The zero-order valence-corrected chi connectivity index (χ0v) is 14.8. The standard InChI is InChI=1S/C18H16ClN3OS/c1-11-3-5-14(12(2)7-11)16-10-24-18(21-16)22-20-9-13-4-6-17(23)15(19)8-13/h3-10,23H,1-2H3,(H,21,22)/b20-9-. The van der Waals surface area contributed by atoms with Crippen LogP contribution in [0.4, 0.5) is 5.13 Å². The second-order valence-electron chi connectivity index (χ2n) is 5.44. The molecule has 1 heterocycles. The smallest absolute Gasteiger partial charge is 0.203 e. The van der Waals surface area contributed by atoms with E-state index in [1.165, 1.54) is 28.5 Å². The molecule has 0 radical (unpaired) electrons. The Hall–Kier alpha value is -2.37. The highest BCUT2D eigenvalue weighted by Crippen LogP contribution is 2.28. The van der Waals surface area contributed by atoms with E-state index >= 15 is 0 Å². The van der Waals surface area contributed by atoms with Gasteiger partial charge in [0.05, 0.1) is 16.9 Å². The Balaban J connectivity index is 1.72. The summed E-state index contributed by atoms with van der Waals surface area (Å²) < 4.78 is 0. The van der Waals surface area contributed by atoms with Crippen molar-refractivity contribution in [1.29, 1.82) is 0 Å². The predicted octanol–water partition coefficient (Wildman–Crippen LogP) is 5.23. The van der Waals surface area contributed by atoms with E-state index in [0.29, 0.717) is 10.2 Å². The van der Waals surface area contributed by atoms with Crippen LogP contribution in [0, 0.1) is 13.8 Å². The number of aryl methyl sites for hydroxylation is 2. The van der Waals surface area contributed by atoms with Gasteiger partial charge in [-0.2, -0.15) is 5.10 Å². The summed E-state index contributed by atoms with van der Waals surface area (Å²) in [5.41, 5.74) is 8.21. The molecular weight excluding hydrogens is 342 g/mol. The Labute approximate surface area is 149 Å². The molecule has 0 spiro atoms. The number of nitrogens with zero attached hydrogens (tertiary/aromatic N) is 2. The topological polar surface area (TPSA) is 57.5 Å². The van der Waals surface area contributed by atoms with Gasteiger partial charge in [0.25, 0.3) is 0 Å². The minimum Gasteiger partial charge on any atom is -0.506 e. The molecule has 0 aliphatic rings. The first-order valence-electron chi connectivity index (χ1n) is 7.33. The number of phenolic OH excluding ortho intramolecular Hbond substituents is 1. The van der Waals surface area contributed by atoms with Gasteiger partial charge in [-0.05, 0) is 43.2 Å². The van der Waals surface area contributed by atoms with E-state index in [4.69, 9.17) is 11.6 Å². The molecule has 24 heavy (non-hydrogen) atoms. The van der Waals surface area contributed by atoms with Gasteiger partial charge in [0.1, 0.15) is 5.75 Å². The highest BCUT2D eigenvalue weighted by Gasteiger charge is 2.07. The van der Waals surface area contributed by atoms with Gasteiger partial charge in [-0.1, -0.05) is 35.4 Å². The van der Waals surface area contributed by atoms with Crippen LogP contribution in [-0.4, -0.2) is 16.3 Å². The number of hydrazone groups is 1. The number of anilines is 1. The summed E-state index contributed by atoms with van der Waals surface area (Å²) in [4.78, 5) is 4.56. The largest absolute Gasteiger partial charge is 0.506 e. The summed E-state index contributed by atoms with van der Waals surface area (Å²) >= 11 is 7.36. The Kier molecular flexibility index (Phi) is 4.83. The zero-order chi connectivity index (χ0) is 17.1. The van der Waals surface area contributed by atoms with Gasteiger partial charge in [0, 0.05) is 10.9 Å². The lowest BCUT2D eigenvalue weighted by Gasteiger charge is -2.03. The molecule has 122 valence electrons. The summed E-state index contributed by atoms with van der Waals surface area (Å²) in [5, 5.41) is 16.6. The fourth-order valence-electron chi connectivity index (χ4n) is 2.32. The van der Waals surface area contributed by atoms with Crippen molar-refractivity contribution in [2.24, 2.45) is 5.10 Å². The van der Waals surface area contributed by atoms with Gasteiger partial charge >= 0.3 is 0 Å². The number of benzene rings is 2. The van der Waals surface area contributed by atoms with Crippen LogP contribution in [0.15, 0.2) is 46.9 Å². The molecule has 0 saturated heterocycles. The van der Waals surface area contributed by atoms with Gasteiger partial charge in [0.15, 0.2) is 0 Å². The summed E-state index contributed by atoms with van der Waals surface area (Å²) in [6.45, 7) is 4.16. The number of rotatable bonds is 4. The second kappa shape index (κ2) is 7.03. The molecule has 4 nitrogen and oxygen atoms in total. The van der Waals surface area contributed by atoms with Crippen molar-refractivity contribution >= 4 is 34.3 Å². The zero-order valence-electron chi connectivity index (χ0n) is 13.2. The van der Waals surface area contributed by atoms with Crippen molar-refractivity contribution in [3.05, 3.63) is 63.5 Å². The third kappa shape index (κ3) is 3.75. The fourth-order valence-corrected chi connectivity index (χ4v) is 3.16. The van der Waals surface area contributed by atoms with E-state index < -0.39 is 0 Å². The van der Waals surface area contributed by atoms with Crippen molar-refractivity contribution in [2.45, 2.75) is 13.8 Å². The molecular formula is C18H16ClN3OS. The molecule has 0 amide bonds. The monoisotopic (exact) mass is 357 g/mol. The highest BCUT2D eigenvalue weighted by molar-refractivity contribution is 7.14. The van der Waals surface area contributed by atoms with Gasteiger partial charge in [-0.15, -0.1) is 11.3 Å². The number of hydrogen-bond donors (Lipinski definition) is 2. The Morgan fingerprint density at radius 2 is 2.04 bits per heavy atom. The Bertz CT molecular complexity index is 905. The van der Waals surface area contributed by atoms with Crippen LogP contribution in [0.3, 0.4) is 0 Å². The van der Waals surface area contributed by atoms with Crippen molar-refractivity contribution < 1.29 is 5.11 Å². The summed E-state index contributed by atoms with van der Waals surface area (Å²) in [6, 6.07) is 11.2. The normalized spacial score (nSPS) is 11.1.